The smallest absolute Gasteiger partial charge is 0.266 e. The average Bonchev–Trinajstić information content (AvgIpc) is 3.23. The maximum Gasteiger partial charge on any atom is 0.266 e. The quantitative estimate of drug-likeness (QED) is 0.641. The van der Waals surface area contributed by atoms with Gasteiger partial charge in [0.15, 0.2) is 4.34 Å². The molecule has 1 aliphatic heterocycles. The van der Waals surface area contributed by atoms with Gasteiger partial charge in [0.1, 0.15) is 5.25 Å². The highest BCUT2D eigenvalue weighted by molar-refractivity contribution is 8.03. The van der Waals surface area contributed by atoms with E-state index in [-0.39, 0.29) is 11.2 Å². The lowest BCUT2D eigenvalue weighted by Crippen LogP contribution is -2.28. The molecule has 1 atom stereocenters. The first-order chi connectivity index (χ1) is 12.6. The third-order valence-electron chi connectivity index (χ3n) is 4.12. The van der Waals surface area contributed by atoms with Crippen LogP contribution in [0.2, 0.25) is 0 Å². The normalized spacial score (nSPS) is 16.8. The lowest BCUT2D eigenvalue weighted by molar-refractivity contribution is -0.116. The van der Waals surface area contributed by atoms with Crippen LogP contribution in [-0.2, 0) is 4.79 Å². The van der Waals surface area contributed by atoms with Crippen LogP contribution in [0.15, 0.2) is 69.4 Å². The largest absolute Gasteiger partial charge is 0.271 e. The van der Waals surface area contributed by atoms with Crippen molar-refractivity contribution in [3.05, 3.63) is 65.5 Å². The van der Waals surface area contributed by atoms with Gasteiger partial charge in [-0.2, -0.15) is 10.1 Å². The van der Waals surface area contributed by atoms with E-state index in [0.717, 1.165) is 27.0 Å². The van der Waals surface area contributed by atoms with Gasteiger partial charge in [-0.15, -0.1) is 11.3 Å². The molecule has 4 nitrogen and oxygen atoms in total. The Kier molecular flexibility index (Phi) is 4.61. The Bertz CT molecular complexity index is 964. The fourth-order valence-electron chi connectivity index (χ4n) is 2.71. The molecule has 3 aromatic rings. The number of thioether (sulfide) groups is 1. The van der Waals surface area contributed by atoms with E-state index in [1.807, 2.05) is 42.6 Å². The Morgan fingerprint density at radius 2 is 1.77 bits per heavy atom. The molecule has 0 bridgehead atoms. The van der Waals surface area contributed by atoms with Crippen molar-refractivity contribution in [2.24, 2.45) is 5.10 Å². The number of hydrazone groups is 1. The van der Waals surface area contributed by atoms with Crippen molar-refractivity contribution in [2.45, 2.75) is 23.4 Å². The number of nitrogens with zero attached hydrogens (tertiary/aromatic N) is 3. The number of hydrogen-bond acceptors (Lipinski definition) is 5. The van der Waals surface area contributed by atoms with Crippen LogP contribution in [0.5, 0.6) is 0 Å². The summed E-state index contributed by atoms with van der Waals surface area (Å²) in [6, 6.07) is 17.8. The number of hydrogen-bond donors (Lipinski definition) is 0. The summed E-state index contributed by atoms with van der Waals surface area (Å²) in [5.74, 6) is -0.0224. The number of amides is 1. The summed E-state index contributed by atoms with van der Waals surface area (Å²) < 4.78 is 0.878. The molecule has 2 aromatic carbocycles. The maximum atomic E-state index is 12.8. The molecule has 0 aliphatic carbocycles. The highest BCUT2D eigenvalue weighted by atomic mass is 32.2. The fraction of sp³-hybridized carbons (Fsp3) is 0.150. The third-order valence-corrected chi connectivity index (χ3v) is 6.40. The summed E-state index contributed by atoms with van der Waals surface area (Å²) in [5.41, 5.74) is 4.85. The Labute approximate surface area is 160 Å². The molecule has 0 unspecified atom stereocenters. The third kappa shape index (κ3) is 3.30. The number of aryl methyl sites for hydroxylation is 1. The number of rotatable bonds is 4. The minimum absolute atomic E-state index is 0.0224. The van der Waals surface area contributed by atoms with Gasteiger partial charge in [-0.3, -0.25) is 4.79 Å². The monoisotopic (exact) mass is 379 g/mol. The first-order valence-electron chi connectivity index (χ1n) is 8.25. The molecule has 0 saturated heterocycles. The molecular weight excluding hydrogens is 362 g/mol. The fourth-order valence-corrected chi connectivity index (χ4v) is 4.69. The van der Waals surface area contributed by atoms with Gasteiger partial charge in [-0.25, -0.2) is 4.98 Å². The number of benzene rings is 2. The van der Waals surface area contributed by atoms with Crippen LogP contribution < -0.4 is 5.01 Å². The number of carbonyl (C=O) groups excluding carboxylic acids is 1. The molecule has 0 saturated carbocycles. The first-order valence-corrected chi connectivity index (χ1v) is 10.0. The van der Waals surface area contributed by atoms with Gasteiger partial charge in [-0.1, -0.05) is 59.8 Å². The Morgan fingerprint density at radius 1 is 1.04 bits per heavy atom. The summed E-state index contributed by atoms with van der Waals surface area (Å²) >= 11 is 3.03. The van der Waals surface area contributed by atoms with Crippen molar-refractivity contribution in [3.63, 3.8) is 0 Å². The van der Waals surface area contributed by atoms with E-state index < -0.39 is 0 Å². The number of aromatic nitrogens is 1. The summed E-state index contributed by atoms with van der Waals surface area (Å²) in [6.07, 6.45) is 0. The van der Waals surface area contributed by atoms with Gasteiger partial charge in [0.2, 0.25) is 0 Å². The van der Waals surface area contributed by atoms with E-state index in [1.54, 1.807) is 11.3 Å². The standard InChI is InChI=1S/C20H17N3OS2/c1-13-8-10-15(11-9-13)17-12-25-20(21-17)26-18-14(2)22-23(19(18)24)16-6-4-3-5-7-16/h3-12,18H,1-2H3/t18-/m0/s1. The molecule has 0 fully saturated rings. The van der Waals surface area contributed by atoms with Crippen LogP contribution in [0.3, 0.4) is 0 Å². The molecule has 0 spiro atoms. The van der Waals surface area contributed by atoms with Gasteiger partial charge in [0, 0.05) is 10.9 Å². The van der Waals surface area contributed by atoms with Crippen LogP contribution >= 0.6 is 23.1 Å². The van der Waals surface area contributed by atoms with Gasteiger partial charge >= 0.3 is 0 Å². The zero-order chi connectivity index (χ0) is 18.1. The predicted molar refractivity (Wildman–Crippen MR) is 109 cm³/mol. The van der Waals surface area contributed by atoms with Crippen LogP contribution in [0.4, 0.5) is 5.69 Å². The molecule has 6 heteroatoms. The second-order valence-electron chi connectivity index (χ2n) is 6.09. The van der Waals surface area contributed by atoms with Gasteiger partial charge < -0.3 is 0 Å². The number of anilines is 1. The zero-order valence-electron chi connectivity index (χ0n) is 14.4. The van der Waals surface area contributed by atoms with Crippen LogP contribution in [0, 0.1) is 6.92 Å². The molecule has 2 heterocycles. The van der Waals surface area contributed by atoms with Crippen molar-refractivity contribution in [3.8, 4) is 11.3 Å². The van der Waals surface area contributed by atoms with E-state index in [0.29, 0.717) is 0 Å². The molecule has 26 heavy (non-hydrogen) atoms. The topological polar surface area (TPSA) is 45.6 Å². The highest BCUT2D eigenvalue weighted by Crippen LogP contribution is 2.35. The molecule has 0 N–H and O–H groups in total. The Morgan fingerprint density at radius 3 is 2.50 bits per heavy atom. The lowest BCUT2D eigenvalue weighted by Gasteiger charge is -2.13. The minimum Gasteiger partial charge on any atom is -0.271 e. The van der Waals surface area contributed by atoms with Crippen molar-refractivity contribution < 1.29 is 4.79 Å². The molecule has 130 valence electrons. The van der Waals surface area contributed by atoms with Crippen molar-refractivity contribution in [2.75, 3.05) is 5.01 Å². The van der Waals surface area contributed by atoms with Gasteiger partial charge in [-0.05, 0) is 26.0 Å². The van der Waals surface area contributed by atoms with Crippen LogP contribution in [-0.4, -0.2) is 21.9 Å². The zero-order valence-corrected chi connectivity index (χ0v) is 16.1. The number of para-hydroxylation sites is 1. The van der Waals surface area contributed by atoms with Gasteiger partial charge in [0.05, 0.1) is 17.1 Å². The van der Waals surface area contributed by atoms with E-state index in [1.165, 1.54) is 22.3 Å². The second kappa shape index (κ2) is 7.05. The first kappa shape index (κ1) is 17.0. The molecule has 1 aromatic heterocycles. The second-order valence-corrected chi connectivity index (χ2v) is 8.30. The molecule has 1 aliphatic rings. The average molecular weight is 380 g/mol. The summed E-state index contributed by atoms with van der Waals surface area (Å²) in [4.78, 5) is 17.5. The van der Waals surface area contributed by atoms with E-state index in [9.17, 15) is 4.79 Å². The van der Waals surface area contributed by atoms with Crippen LogP contribution in [0.1, 0.15) is 12.5 Å². The molecule has 4 rings (SSSR count). The Balaban J connectivity index is 1.52. The van der Waals surface area contributed by atoms with Crippen molar-refractivity contribution in [1.29, 1.82) is 0 Å². The maximum absolute atomic E-state index is 12.8. The predicted octanol–water partition coefficient (Wildman–Crippen LogP) is 5.00. The van der Waals surface area contributed by atoms with E-state index >= 15 is 0 Å². The molecular formula is C20H17N3OS2. The SMILES string of the molecule is CC1=NN(c2ccccc2)C(=O)[C@H]1Sc1nc(-c2ccc(C)cc2)cs1. The summed E-state index contributed by atoms with van der Waals surface area (Å²) in [7, 11) is 0. The minimum atomic E-state index is -0.327. The number of thiazole rings is 1. The lowest BCUT2D eigenvalue weighted by atomic mass is 10.1. The molecule has 0 radical (unpaired) electrons. The molecule has 1 amide bonds. The van der Waals surface area contributed by atoms with E-state index in [4.69, 9.17) is 4.98 Å². The Hall–Kier alpha value is -2.44. The van der Waals surface area contributed by atoms with Crippen molar-refractivity contribution >= 4 is 40.4 Å². The summed E-state index contributed by atoms with van der Waals surface area (Å²) in [5, 5.41) is 7.64. The highest BCUT2D eigenvalue weighted by Gasteiger charge is 2.35. The van der Waals surface area contributed by atoms with Crippen LogP contribution in [0.25, 0.3) is 11.3 Å². The summed E-state index contributed by atoms with van der Waals surface area (Å²) in [6.45, 7) is 3.96. The van der Waals surface area contributed by atoms with Gasteiger partial charge in [0.25, 0.3) is 5.91 Å². The van der Waals surface area contributed by atoms with Crippen molar-refractivity contribution in [1.82, 2.24) is 4.98 Å². The van der Waals surface area contributed by atoms with E-state index in [2.05, 4.69) is 36.3 Å². The number of carbonyl (C=O) groups is 1.